The number of hydrogen-bond donors (Lipinski definition) is 1. The molecule has 1 aliphatic rings. The van der Waals surface area contributed by atoms with Crippen molar-refractivity contribution in [3.05, 3.63) is 29.8 Å². The first kappa shape index (κ1) is 15.0. The molecule has 1 heterocycles. The lowest BCUT2D eigenvalue weighted by atomic mass is 9.95. The van der Waals surface area contributed by atoms with Gasteiger partial charge in [0.1, 0.15) is 5.71 Å². The molecule has 0 spiro atoms. The van der Waals surface area contributed by atoms with Gasteiger partial charge in [-0.15, -0.1) is 0 Å². The van der Waals surface area contributed by atoms with Crippen molar-refractivity contribution >= 4 is 23.3 Å². The van der Waals surface area contributed by atoms with Gasteiger partial charge in [0.05, 0.1) is 12.3 Å². The number of aryl methyl sites for hydroxylation is 1. The lowest BCUT2D eigenvalue weighted by Gasteiger charge is -2.31. The fourth-order valence-corrected chi connectivity index (χ4v) is 2.28. The maximum atomic E-state index is 11.8. The molecule has 1 aliphatic heterocycles. The topological polar surface area (TPSA) is 79.2 Å². The minimum Gasteiger partial charge on any atom is -0.479 e. The molecule has 6 heteroatoms. The van der Waals surface area contributed by atoms with Crippen LogP contribution in [0.5, 0.6) is 0 Å². The molecule has 0 saturated carbocycles. The van der Waals surface area contributed by atoms with Gasteiger partial charge >= 0.3 is 11.9 Å². The highest BCUT2D eigenvalue weighted by Gasteiger charge is 2.48. The van der Waals surface area contributed by atoms with E-state index in [1.54, 1.807) is 19.9 Å². The monoisotopic (exact) mass is 290 g/mol. The van der Waals surface area contributed by atoms with Gasteiger partial charge in [0, 0.05) is 6.42 Å². The minimum atomic E-state index is -1.30. The quantitative estimate of drug-likeness (QED) is 0.858. The number of carbonyl (C=O) groups excluding carboxylic acids is 1. The third-order valence-electron chi connectivity index (χ3n) is 3.52. The molecule has 0 aromatic heterocycles. The number of ether oxygens (including phenoxy) is 1. The van der Waals surface area contributed by atoms with Gasteiger partial charge in [0.2, 0.25) is 0 Å². The Labute approximate surface area is 123 Å². The van der Waals surface area contributed by atoms with E-state index in [1.165, 1.54) is 5.01 Å². The molecule has 0 aliphatic carbocycles. The van der Waals surface area contributed by atoms with Crippen LogP contribution < -0.4 is 5.01 Å². The second-order valence-electron chi connectivity index (χ2n) is 5.12. The SMILES string of the molecule is CCOC(=O)C1=NN(c2ccccc2C)C(C)(C(=O)O)C1. The Morgan fingerprint density at radius 1 is 1.43 bits per heavy atom. The number of carboxylic acid groups (broad SMARTS) is 1. The van der Waals surface area contributed by atoms with Crippen LogP contribution >= 0.6 is 0 Å². The summed E-state index contributed by atoms with van der Waals surface area (Å²) in [6.07, 6.45) is 0.00943. The van der Waals surface area contributed by atoms with E-state index in [1.807, 2.05) is 25.1 Å². The van der Waals surface area contributed by atoms with E-state index in [2.05, 4.69) is 5.10 Å². The molecule has 1 N–H and O–H groups in total. The Morgan fingerprint density at radius 3 is 2.67 bits per heavy atom. The molecule has 112 valence electrons. The predicted octanol–water partition coefficient (Wildman–Crippen LogP) is 1.97. The van der Waals surface area contributed by atoms with E-state index in [0.29, 0.717) is 5.69 Å². The summed E-state index contributed by atoms with van der Waals surface area (Å²) < 4.78 is 4.92. The number of anilines is 1. The van der Waals surface area contributed by atoms with Crippen LogP contribution in [0.15, 0.2) is 29.4 Å². The molecule has 21 heavy (non-hydrogen) atoms. The van der Waals surface area contributed by atoms with Crippen LogP contribution in [0.2, 0.25) is 0 Å². The maximum absolute atomic E-state index is 11.8. The first-order chi connectivity index (χ1) is 9.90. The average Bonchev–Trinajstić information content (AvgIpc) is 2.79. The second-order valence-corrected chi connectivity index (χ2v) is 5.12. The number of carboxylic acids is 1. The number of rotatable bonds is 4. The van der Waals surface area contributed by atoms with Crippen LogP contribution in [0.3, 0.4) is 0 Å². The van der Waals surface area contributed by atoms with Gasteiger partial charge in [0.25, 0.3) is 0 Å². The zero-order valence-electron chi connectivity index (χ0n) is 12.3. The second kappa shape index (κ2) is 5.55. The molecule has 0 bridgehead atoms. The van der Waals surface area contributed by atoms with Gasteiger partial charge in [-0.1, -0.05) is 18.2 Å². The van der Waals surface area contributed by atoms with Crippen LogP contribution in [0.1, 0.15) is 25.8 Å². The summed E-state index contributed by atoms with van der Waals surface area (Å²) in [5.41, 5.74) is 0.388. The zero-order chi connectivity index (χ0) is 15.6. The van der Waals surface area contributed by atoms with Crippen molar-refractivity contribution in [2.45, 2.75) is 32.7 Å². The van der Waals surface area contributed by atoms with Gasteiger partial charge in [-0.05, 0) is 32.4 Å². The van der Waals surface area contributed by atoms with Crippen molar-refractivity contribution < 1.29 is 19.4 Å². The van der Waals surface area contributed by atoms with E-state index in [0.717, 1.165) is 5.56 Å². The Bertz CT molecular complexity index is 611. The molecule has 2 rings (SSSR count). The normalized spacial score (nSPS) is 21.1. The number of para-hydroxylation sites is 1. The smallest absolute Gasteiger partial charge is 0.354 e. The highest BCUT2D eigenvalue weighted by molar-refractivity contribution is 6.38. The average molecular weight is 290 g/mol. The Morgan fingerprint density at radius 2 is 2.10 bits per heavy atom. The predicted molar refractivity (Wildman–Crippen MR) is 78.4 cm³/mol. The summed E-state index contributed by atoms with van der Waals surface area (Å²) in [4.78, 5) is 23.5. The lowest BCUT2D eigenvalue weighted by molar-refractivity contribution is -0.142. The molecule has 0 radical (unpaired) electrons. The number of aliphatic carboxylic acids is 1. The molecule has 1 unspecified atom stereocenters. The maximum Gasteiger partial charge on any atom is 0.354 e. The van der Waals surface area contributed by atoms with Crippen molar-refractivity contribution in [3.63, 3.8) is 0 Å². The number of carbonyl (C=O) groups is 2. The van der Waals surface area contributed by atoms with E-state index in [4.69, 9.17) is 4.74 Å². The standard InChI is InChI=1S/C15H18N2O4/c1-4-21-13(18)11-9-15(3,14(19)20)17(16-11)12-8-6-5-7-10(12)2/h5-8H,4,9H2,1-3H3,(H,19,20). The number of hydrazone groups is 1. The first-order valence-corrected chi connectivity index (χ1v) is 6.74. The van der Waals surface area contributed by atoms with Crippen LogP contribution in [0.25, 0.3) is 0 Å². The first-order valence-electron chi connectivity index (χ1n) is 6.74. The van der Waals surface area contributed by atoms with Gasteiger partial charge in [-0.3, -0.25) is 0 Å². The molecule has 0 fully saturated rings. The van der Waals surface area contributed by atoms with Crippen molar-refractivity contribution in [1.82, 2.24) is 0 Å². The molecular formula is C15H18N2O4. The number of hydrogen-bond acceptors (Lipinski definition) is 5. The molecule has 0 saturated heterocycles. The van der Waals surface area contributed by atoms with Gasteiger partial charge < -0.3 is 9.84 Å². The van der Waals surface area contributed by atoms with E-state index in [-0.39, 0.29) is 18.7 Å². The minimum absolute atomic E-state index is 0.00943. The van der Waals surface area contributed by atoms with Crippen molar-refractivity contribution in [2.24, 2.45) is 5.10 Å². The van der Waals surface area contributed by atoms with E-state index in [9.17, 15) is 14.7 Å². The fraction of sp³-hybridized carbons (Fsp3) is 0.400. The van der Waals surface area contributed by atoms with E-state index >= 15 is 0 Å². The molecule has 0 amide bonds. The third kappa shape index (κ3) is 2.61. The van der Waals surface area contributed by atoms with Crippen LogP contribution in [0, 0.1) is 6.92 Å². The number of esters is 1. The molecular weight excluding hydrogens is 272 g/mol. The van der Waals surface area contributed by atoms with Crippen LogP contribution in [-0.2, 0) is 14.3 Å². The molecule has 1 atom stereocenters. The van der Waals surface area contributed by atoms with Gasteiger partial charge in [0.15, 0.2) is 5.54 Å². The molecule has 1 aromatic carbocycles. The summed E-state index contributed by atoms with van der Waals surface area (Å²) in [6, 6.07) is 7.33. The van der Waals surface area contributed by atoms with Crippen molar-refractivity contribution in [1.29, 1.82) is 0 Å². The summed E-state index contributed by atoms with van der Waals surface area (Å²) in [5, 5.41) is 15.2. The lowest BCUT2D eigenvalue weighted by Crippen LogP contribution is -2.47. The summed E-state index contributed by atoms with van der Waals surface area (Å²) in [5.74, 6) is -1.60. The number of benzene rings is 1. The van der Waals surface area contributed by atoms with Gasteiger partial charge in [-0.25, -0.2) is 14.6 Å². The van der Waals surface area contributed by atoms with Crippen molar-refractivity contribution in [3.8, 4) is 0 Å². The Hall–Kier alpha value is -2.37. The highest BCUT2D eigenvalue weighted by atomic mass is 16.5. The molecule has 6 nitrogen and oxygen atoms in total. The number of nitrogens with zero attached hydrogens (tertiary/aromatic N) is 2. The largest absolute Gasteiger partial charge is 0.479 e. The Kier molecular flexibility index (Phi) is 3.97. The summed E-state index contributed by atoms with van der Waals surface area (Å²) in [7, 11) is 0. The van der Waals surface area contributed by atoms with Crippen molar-refractivity contribution in [2.75, 3.05) is 11.6 Å². The van der Waals surface area contributed by atoms with Crippen LogP contribution in [-0.4, -0.2) is 34.9 Å². The summed E-state index contributed by atoms with van der Waals surface area (Å²) in [6.45, 7) is 5.35. The van der Waals surface area contributed by atoms with Gasteiger partial charge in [-0.2, -0.15) is 5.10 Å². The summed E-state index contributed by atoms with van der Waals surface area (Å²) >= 11 is 0. The van der Waals surface area contributed by atoms with Crippen LogP contribution in [0.4, 0.5) is 5.69 Å². The fourth-order valence-electron chi connectivity index (χ4n) is 2.28. The zero-order valence-corrected chi connectivity index (χ0v) is 12.3. The highest BCUT2D eigenvalue weighted by Crippen LogP contribution is 2.35. The molecule has 1 aromatic rings. The third-order valence-corrected chi connectivity index (χ3v) is 3.52. The van der Waals surface area contributed by atoms with E-state index < -0.39 is 17.5 Å². The Balaban J connectivity index is 2.46.